The second-order valence-electron chi connectivity index (χ2n) is 12.5. The summed E-state index contributed by atoms with van der Waals surface area (Å²) in [4.78, 5) is 2.70. The standard InChI is InChI=1S/C36H71N2/c1-5-9-13-17-19-21-25-29-35(27-23-15-11-7-3)37-31-33-38(34-32-37)36(28-24-16-12-8-4)30-26-22-20-18-14-10-6-2/h31-33,35-36H,5-30,34H2,1-4H3/q+1. The summed E-state index contributed by atoms with van der Waals surface area (Å²) in [6, 6.07) is 1.45. The van der Waals surface area contributed by atoms with Gasteiger partial charge >= 0.3 is 0 Å². The molecule has 0 saturated heterocycles. The normalized spacial score (nSPS) is 15.2. The van der Waals surface area contributed by atoms with Crippen LogP contribution in [0.3, 0.4) is 0 Å². The molecule has 38 heavy (non-hydrogen) atoms. The smallest absolute Gasteiger partial charge is 0.184 e. The highest BCUT2D eigenvalue weighted by atomic mass is 15.2. The maximum absolute atomic E-state index is 2.70. The van der Waals surface area contributed by atoms with E-state index >= 15 is 0 Å². The fourth-order valence-corrected chi connectivity index (χ4v) is 6.22. The Morgan fingerprint density at radius 2 is 0.868 bits per heavy atom. The molecule has 1 heterocycles. The van der Waals surface area contributed by atoms with E-state index in [1.165, 1.54) is 167 Å². The van der Waals surface area contributed by atoms with Gasteiger partial charge in [0, 0.05) is 18.9 Å². The Morgan fingerprint density at radius 1 is 0.500 bits per heavy atom. The first-order valence-corrected chi connectivity index (χ1v) is 17.8. The van der Waals surface area contributed by atoms with Gasteiger partial charge in [-0.05, 0) is 25.7 Å². The fourth-order valence-electron chi connectivity index (χ4n) is 6.22. The van der Waals surface area contributed by atoms with Gasteiger partial charge in [-0.2, -0.15) is 0 Å². The van der Waals surface area contributed by atoms with Crippen LogP contribution in [0, 0.1) is 0 Å². The van der Waals surface area contributed by atoms with Crippen LogP contribution in [0.1, 0.15) is 195 Å². The Morgan fingerprint density at radius 3 is 1.26 bits per heavy atom. The molecule has 1 aliphatic rings. The SMILES string of the molecule is CCCCCCCCCC(CCCCCC)N1C=C[N+](C(CCCCCC)CCCCCCCCC)=CC1. The zero-order chi connectivity index (χ0) is 27.5. The maximum Gasteiger partial charge on any atom is 0.184 e. The summed E-state index contributed by atoms with van der Waals surface area (Å²) < 4.78 is 2.63. The minimum atomic E-state index is 0.715. The van der Waals surface area contributed by atoms with Crippen molar-refractivity contribution in [2.24, 2.45) is 0 Å². The van der Waals surface area contributed by atoms with E-state index in [2.05, 4.69) is 55.8 Å². The van der Waals surface area contributed by atoms with Crippen LogP contribution in [0.5, 0.6) is 0 Å². The average Bonchev–Trinajstić information content (AvgIpc) is 2.94. The van der Waals surface area contributed by atoms with Crippen molar-refractivity contribution < 1.29 is 4.58 Å². The molecule has 0 bridgehead atoms. The van der Waals surface area contributed by atoms with Gasteiger partial charge < -0.3 is 4.90 Å². The first kappa shape index (κ1) is 35.2. The van der Waals surface area contributed by atoms with Gasteiger partial charge in [-0.1, -0.05) is 156 Å². The van der Waals surface area contributed by atoms with Crippen LogP contribution < -0.4 is 0 Å². The third-order valence-corrected chi connectivity index (χ3v) is 8.89. The minimum Gasteiger partial charge on any atom is -0.360 e. The molecule has 0 spiro atoms. The van der Waals surface area contributed by atoms with Crippen molar-refractivity contribution in [2.45, 2.75) is 207 Å². The molecular weight excluding hydrogens is 460 g/mol. The molecule has 0 amide bonds. The van der Waals surface area contributed by atoms with Crippen molar-refractivity contribution in [1.29, 1.82) is 0 Å². The van der Waals surface area contributed by atoms with E-state index in [0.717, 1.165) is 12.6 Å². The number of hydrogen-bond donors (Lipinski definition) is 0. The van der Waals surface area contributed by atoms with Crippen LogP contribution in [-0.4, -0.2) is 34.3 Å². The summed E-state index contributed by atoms with van der Waals surface area (Å²) in [6.45, 7) is 10.4. The monoisotopic (exact) mass is 532 g/mol. The zero-order valence-electron chi connectivity index (χ0n) is 26.9. The maximum atomic E-state index is 2.70. The van der Waals surface area contributed by atoms with Crippen molar-refractivity contribution in [3.63, 3.8) is 0 Å². The Labute approximate surface area is 241 Å². The van der Waals surface area contributed by atoms with E-state index in [1.54, 1.807) is 0 Å². The first-order chi connectivity index (χ1) is 18.8. The third-order valence-electron chi connectivity index (χ3n) is 8.89. The second kappa shape index (κ2) is 26.4. The van der Waals surface area contributed by atoms with Gasteiger partial charge in [0.05, 0.1) is 12.7 Å². The van der Waals surface area contributed by atoms with Crippen LogP contribution in [0.25, 0.3) is 0 Å². The molecule has 0 aromatic heterocycles. The predicted octanol–water partition coefficient (Wildman–Crippen LogP) is 11.8. The molecule has 0 aromatic rings. The van der Waals surface area contributed by atoms with Crippen LogP contribution in [-0.2, 0) is 0 Å². The fraction of sp³-hybridized carbons (Fsp3) is 0.917. The van der Waals surface area contributed by atoms with Crippen LogP contribution in [0.4, 0.5) is 0 Å². The van der Waals surface area contributed by atoms with E-state index in [0.29, 0.717) is 6.04 Å². The molecule has 1 rings (SSSR count). The van der Waals surface area contributed by atoms with Gasteiger partial charge in [0.15, 0.2) is 18.5 Å². The number of hydrogen-bond acceptors (Lipinski definition) is 1. The van der Waals surface area contributed by atoms with Crippen molar-refractivity contribution in [3.8, 4) is 0 Å². The minimum absolute atomic E-state index is 0.715. The van der Waals surface area contributed by atoms with E-state index in [4.69, 9.17) is 0 Å². The summed E-state index contributed by atoms with van der Waals surface area (Å²) in [5.74, 6) is 0. The molecule has 2 atom stereocenters. The van der Waals surface area contributed by atoms with Gasteiger partial charge in [0.1, 0.15) is 0 Å². The second-order valence-corrected chi connectivity index (χ2v) is 12.5. The summed E-state index contributed by atoms with van der Waals surface area (Å²) in [5, 5.41) is 0. The van der Waals surface area contributed by atoms with E-state index in [9.17, 15) is 0 Å². The average molecular weight is 532 g/mol. The van der Waals surface area contributed by atoms with Crippen molar-refractivity contribution in [1.82, 2.24) is 4.90 Å². The zero-order valence-corrected chi connectivity index (χ0v) is 26.9. The van der Waals surface area contributed by atoms with E-state index in [1.807, 2.05) is 0 Å². The Kier molecular flexibility index (Phi) is 24.5. The molecule has 1 aliphatic heterocycles. The van der Waals surface area contributed by atoms with Gasteiger partial charge in [0.25, 0.3) is 0 Å². The van der Waals surface area contributed by atoms with Gasteiger partial charge in [-0.25, -0.2) is 4.58 Å². The van der Waals surface area contributed by atoms with Gasteiger partial charge in [-0.15, -0.1) is 0 Å². The van der Waals surface area contributed by atoms with Crippen LogP contribution in [0.15, 0.2) is 12.4 Å². The Hall–Kier alpha value is -0.790. The quantitative estimate of drug-likeness (QED) is 0.0718. The highest BCUT2D eigenvalue weighted by molar-refractivity contribution is 5.55. The molecule has 2 heteroatoms. The van der Waals surface area contributed by atoms with Crippen LogP contribution >= 0.6 is 0 Å². The summed E-state index contributed by atoms with van der Waals surface area (Å²) in [5.41, 5.74) is 0. The lowest BCUT2D eigenvalue weighted by Gasteiger charge is -2.31. The number of nitrogens with zero attached hydrogens (tertiary/aromatic N) is 2. The third kappa shape index (κ3) is 18.5. The number of unbranched alkanes of at least 4 members (excludes halogenated alkanes) is 18. The molecule has 0 radical (unpaired) electrons. The molecule has 0 N–H and O–H groups in total. The topological polar surface area (TPSA) is 6.25 Å². The number of rotatable bonds is 28. The van der Waals surface area contributed by atoms with Crippen molar-refractivity contribution in [2.75, 3.05) is 6.54 Å². The molecule has 0 saturated carbocycles. The van der Waals surface area contributed by atoms with Crippen molar-refractivity contribution in [3.05, 3.63) is 12.4 Å². The highest BCUT2D eigenvalue weighted by Gasteiger charge is 2.24. The van der Waals surface area contributed by atoms with Gasteiger partial charge in [-0.3, -0.25) is 0 Å². The molecule has 2 unspecified atom stereocenters. The Balaban J connectivity index is 2.58. The molecule has 224 valence electrons. The lowest BCUT2D eigenvalue weighted by atomic mass is 9.98. The molecule has 0 fully saturated rings. The van der Waals surface area contributed by atoms with E-state index in [-0.39, 0.29) is 0 Å². The first-order valence-electron chi connectivity index (χ1n) is 17.8. The largest absolute Gasteiger partial charge is 0.360 e. The molecule has 2 nitrogen and oxygen atoms in total. The summed E-state index contributed by atoms with van der Waals surface area (Å²) in [7, 11) is 0. The van der Waals surface area contributed by atoms with Crippen LogP contribution in [0.2, 0.25) is 0 Å². The van der Waals surface area contributed by atoms with Gasteiger partial charge in [0.2, 0.25) is 0 Å². The molecular formula is C36H71N2+. The predicted molar refractivity (Wildman–Crippen MR) is 172 cm³/mol. The summed E-state index contributed by atoms with van der Waals surface area (Å²) >= 11 is 0. The van der Waals surface area contributed by atoms with E-state index < -0.39 is 0 Å². The molecule has 0 aliphatic carbocycles. The Bertz CT molecular complexity index is 552. The summed E-state index contributed by atoms with van der Waals surface area (Å²) in [6.07, 6.45) is 44.0. The highest BCUT2D eigenvalue weighted by Crippen LogP contribution is 2.22. The molecule has 0 aromatic carbocycles. The van der Waals surface area contributed by atoms with Crippen molar-refractivity contribution >= 4 is 6.21 Å². The lowest BCUT2D eigenvalue weighted by Crippen LogP contribution is -2.38. The lowest BCUT2D eigenvalue weighted by molar-refractivity contribution is -0.502.